The predicted octanol–water partition coefficient (Wildman–Crippen LogP) is 1.36. The van der Waals surface area contributed by atoms with E-state index >= 15 is 0 Å². The summed E-state index contributed by atoms with van der Waals surface area (Å²) in [7, 11) is 0. The molecule has 0 saturated carbocycles. The van der Waals surface area contributed by atoms with Crippen LogP contribution in [-0.4, -0.2) is 16.1 Å². The Morgan fingerprint density at radius 2 is 2.50 bits per heavy atom. The minimum atomic E-state index is -0.984. The largest absolute Gasteiger partial charge is 0.478 e. The van der Waals surface area contributed by atoms with E-state index in [-0.39, 0.29) is 11.6 Å². The van der Waals surface area contributed by atoms with Gasteiger partial charge in [-0.05, 0) is 12.5 Å². The van der Waals surface area contributed by atoms with Crippen molar-refractivity contribution >= 4 is 5.97 Å². The molecule has 0 aliphatic heterocycles. The number of carboxylic acids is 1. The SMILES string of the molecule is C=CCC(N)c1cnccc1C(=O)O. The Morgan fingerprint density at radius 3 is 3.07 bits per heavy atom. The topological polar surface area (TPSA) is 76.2 Å². The molecule has 0 radical (unpaired) electrons. The van der Waals surface area contributed by atoms with Crippen molar-refractivity contribution in [2.24, 2.45) is 5.73 Å². The molecular weight excluding hydrogens is 180 g/mol. The minimum absolute atomic E-state index is 0.203. The van der Waals surface area contributed by atoms with Crippen LogP contribution in [0.1, 0.15) is 28.4 Å². The normalized spacial score (nSPS) is 12.1. The number of hydrogen-bond acceptors (Lipinski definition) is 3. The summed E-state index contributed by atoms with van der Waals surface area (Å²) in [4.78, 5) is 14.7. The number of rotatable bonds is 4. The van der Waals surface area contributed by atoms with Crippen LogP contribution in [0.3, 0.4) is 0 Å². The zero-order valence-corrected chi connectivity index (χ0v) is 7.68. The summed E-state index contributed by atoms with van der Waals surface area (Å²) in [5, 5.41) is 8.87. The maximum Gasteiger partial charge on any atom is 0.336 e. The average molecular weight is 192 g/mol. The second-order valence-corrected chi connectivity index (χ2v) is 2.90. The van der Waals surface area contributed by atoms with E-state index in [4.69, 9.17) is 10.8 Å². The van der Waals surface area contributed by atoms with Gasteiger partial charge in [0.15, 0.2) is 0 Å². The van der Waals surface area contributed by atoms with Crippen LogP contribution in [-0.2, 0) is 0 Å². The summed E-state index contributed by atoms with van der Waals surface area (Å²) in [5.41, 5.74) is 6.51. The first-order valence-electron chi connectivity index (χ1n) is 4.20. The smallest absolute Gasteiger partial charge is 0.336 e. The number of carboxylic acid groups (broad SMARTS) is 1. The van der Waals surface area contributed by atoms with Gasteiger partial charge in [0, 0.05) is 24.0 Å². The van der Waals surface area contributed by atoms with Gasteiger partial charge in [0.25, 0.3) is 0 Å². The first kappa shape index (κ1) is 10.4. The van der Waals surface area contributed by atoms with Gasteiger partial charge in [0.05, 0.1) is 5.56 Å². The maximum absolute atomic E-state index is 10.8. The highest BCUT2D eigenvalue weighted by atomic mass is 16.4. The first-order chi connectivity index (χ1) is 6.66. The zero-order chi connectivity index (χ0) is 10.6. The number of nitrogens with zero attached hydrogens (tertiary/aromatic N) is 1. The lowest BCUT2D eigenvalue weighted by atomic mass is 10.0. The molecule has 1 unspecified atom stereocenters. The summed E-state index contributed by atoms with van der Waals surface area (Å²) in [6.45, 7) is 3.55. The number of aromatic carboxylic acids is 1. The van der Waals surface area contributed by atoms with E-state index in [9.17, 15) is 4.79 Å². The molecule has 0 spiro atoms. The van der Waals surface area contributed by atoms with Crippen LogP contribution in [0.5, 0.6) is 0 Å². The number of carbonyl (C=O) groups is 1. The van der Waals surface area contributed by atoms with Crippen molar-refractivity contribution in [3.8, 4) is 0 Å². The molecular formula is C10H12N2O2. The first-order valence-corrected chi connectivity index (χ1v) is 4.20. The molecule has 14 heavy (non-hydrogen) atoms. The van der Waals surface area contributed by atoms with Gasteiger partial charge in [-0.1, -0.05) is 6.08 Å². The fraction of sp³-hybridized carbons (Fsp3) is 0.200. The molecule has 4 heteroatoms. The Bertz CT molecular complexity index is 350. The van der Waals surface area contributed by atoms with Crippen molar-refractivity contribution in [2.45, 2.75) is 12.5 Å². The van der Waals surface area contributed by atoms with E-state index in [2.05, 4.69) is 11.6 Å². The summed E-state index contributed by atoms with van der Waals surface area (Å²) in [6, 6.07) is 1.09. The maximum atomic E-state index is 10.8. The van der Waals surface area contributed by atoms with Crippen molar-refractivity contribution in [2.75, 3.05) is 0 Å². The third-order valence-electron chi connectivity index (χ3n) is 1.90. The van der Waals surface area contributed by atoms with Crippen molar-refractivity contribution < 1.29 is 9.90 Å². The predicted molar refractivity (Wildman–Crippen MR) is 52.9 cm³/mol. The highest BCUT2D eigenvalue weighted by Crippen LogP contribution is 2.17. The third-order valence-corrected chi connectivity index (χ3v) is 1.90. The minimum Gasteiger partial charge on any atom is -0.478 e. The molecule has 0 aromatic carbocycles. The highest BCUT2D eigenvalue weighted by Gasteiger charge is 2.14. The van der Waals surface area contributed by atoms with Crippen LogP contribution in [0.15, 0.2) is 31.1 Å². The number of nitrogens with two attached hydrogens (primary N) is 1. The molecule has 0 saturated heterocycles. The Kier molecular flexibility index (Phi) is 3.36. The van der Waals surface area contributed by atoms with Crippen LogP contribution in [0.2, 0.25) is 0 Å². The third kappa shape index (κ3) is 2.17. The van der Waals surface area contributed by atoms with Gasteiger partial charge >= 0.3 is 5.97 Å². The van der Waals surface area contributed by atoms with Crippen molar-refractivity contribution in [3.63, 3.8) is 0 Å². The van der Waals surface area contributed by atoms with E-state index < -0.39 is 5.97 Å². The molecule has 1 heterocycles. The van der Waals surface area contributed by atoms with Crippen molar-refractivity contribution in [1.82, 2.24) is 4.98 Å². The van der Waals surface area contributed by atoms with Gasteiger partial charge < -0.3 is 10.8 Å². The summed E-state index contributed by atoms with van der Waals surface area (Å²) >= 11 is 0. The van der Waals surface area contributed by atoms with Gasteiger partial charge in [-0.2, -0.15) is 0 Å². The molecule has 3 N–H and O–H groups in total. The Morgan fingerprint density at radius 1 is 1.79 bits per heavy atom. The van der Waals surface area contributed by atoms with Crippen LogP contribution >= 0.6 is 0 Å². The molecule has 0 bridgehead atoms. The average Bonchev–Trinajstić information content (AvgIpc) is 2.18. The molecule has 0 amide bonds. The van der Waals surface area contributed by atoms with E-state index in [0.29, 0.717) is 12.0 Å². The van der Waals surface area contributed by atoms with Gasteiger partial charge in [0.2, 0.25) is 0 Å². The van der Waals surface area contributed by atoms with Crippen LogP contribution in [0, 0.1) is 0 Å². The monoisotopic (exact) mass is 192 g/mol. The van der Waals surface area contributed by atoms with E-state index in [1.807, 2.05) is 0 Å². The second-order valence-electron chi connectivity index (χ2n) is 2.90. The summed E-state index contributed by atoms with van der Waals surface area (Å²) in [6.07, 6.45) is 5.11. The van der Waals surface area contributed by atoms with E-state index in [0.717, 1.165) is 0 Å². The number of hydrogen-bond donors (Lipinski definition) is 2. The quantitative estimate of drug-likeness (QED) is 0.706. The molecule has 0 aliphatic carbocycles. The summed E-state index contributed by atoms with van der Waals surface area (Å²) in [5.74, 6) is -0.984. The fourth-order valence-electron chi connectivity index (χ4n) is 1.20. The van der Waals surface area contributed by atoms with Gasteiger partial charge in [0.1, 0.15) is 0 Å². The Balaban J connectivity index is 3.06. The molecule has 74 valence electrons. The second kappa shape index (κ2) is 4.53. The van der Waals surface area contributed by atoms with Crippen molar-refractivity contribution in [1.29, 1.82) is 0 Å². The molecule has 0 fully saturated rings. The molecule has 4 nitrogen and oxygen atoms in total. The van der Waals surface area contributed by atoms with Crippen molar-refractivity contribution in [3.05, 3.63) is 42.2 Å². The fourth-order valence-corrected chi connectivity index (χ4v) is 1.20. The lowest BCUT2D eigenvalue weighted by Crippen LogP contribution is -2.14. The Labute approximate surface area is 82.1 Å². The number of aromatic nitrogens is 1. The zero-order valence-electron chi connectivity index (χ0n) is 7.68. The molecule has 1 aromatic rings. The van der Waals surface area contributed by atoms with Gasteiger partial charge in [-0.3, -0.25) is 4.98 Å². The lowest BCUT2D eigenvalue weighted by Gasteiger charge is -2.11. The van der Waals surface area contributed by atoms with Gasteiger partial charge in [-0.15, -0.1) is 6.58 Å². The van der Waals surface area contributed by atoms with Gasteiger partial charge in [-0.25, -0.2) is 4.79 Å². The molecule has 1 aromatic heterocycles. The molecule has 1 atom stereocenters. The molecule has 1 rings (SSSR count). The van der Waals surface area contributed by atoms with Crippen LogP contribution < -0.4 is 5.73 Å². The lowest BCUT2D eigenvalue weighted by molar-refractivity contribution is 0.0695. The van der Waals surface area contributed by atoms with Crippen LogP contribution in [0.4, 0.5) is 0 Å². The molecule has 0 aliphatic rings. The standard InChI is InChI=1S/C10H12N2O2/c1-2-3-9(11)8-6-12-5-4-7(8)10(13)14/h2,4-6,9H,1,3,11H2,(H,13,14). The Hall–Kier alpha value is -1.68. The van der Waals surface area contributed by atoms with E-state index in [1.54, 1.807) is 6.08 Å². The summed E-state index contributed by atoms with van der Waals surface area (Å²) < 4.78 is 0. The van der Waals surface area contributed by atoms with E-state index in [1.165, 1.54) is 18.5 Å². The van der Waals surface area contributed by atoms with Crippen LogP contribution in [0.25, 0.3) is 0 Å². The highest BCUT2D eigenvalue weighted by molar-refractivity contribution is 5.89. The number of pyridine rings is 1.